The number of nitrogens with zero attached hydrogens (tertiary/aromatic N) is 2. The Kier molecular flexibility index (Phi) is 3.59. The van der Waals surface area contributed by atoms with Crippen LogP contribution >= 0.6 is 11.8 Å². The molecule has 2 heterocycles. The van der Waals surface area contributed by atoms with Crippen LogP contribution in [-0.2, 0) is 4.79 Å². The van der Waals surface area contributed by atoms with Crippen LogP contribution in [0.5, 0.6) is 0 Å². The standard InChI is InChI=1S/C16H17N3OS/c1-3-12-9-21-16-18-10(2)13(15(17)20)14(19(12)16)11-7-5-4-6-8-11/h4-9,14H,3H2,1-2H3,(H2,17,20)/t14-/m1/s1. The molecule has 0 fully saturated rings. The first-order valence-electron chi connectivity index (χ1n) is 6.92. The van der Waals surface area contributed by atoms with E-state index in [1.807, 2.05) is 37.3 Å². The number of amidine groups is 1. The van der Waals surface area contributed by atoms with Gasteiger partial charge in [-0.1, -0.05) is 49.0 Å². The topological polar surface area (TPSA) is 58.7 Å². The fourth-order valence-electron chi connectivity index (χ4n) is 2.76. The van der Waals surface area contributed by atoms with Crippen molar-refractivity contribution in [2.24, 2.45) is 10.7 Å². The van der Waals surface area contributed by atoms with Gasteiger partial charge < -0.3 is 10.6 Å². The zero-order valence-electron chi connectivity index (χ0n) is 12.0. The Labute approximate surface area is 128 Å². The van der Waals surface area contributed by atoms with Crippen LogP contribution in [0.25, 0.3) is 0 Å². The Morgan fingerprint density at radius 3 is 2.71 bits per heavy atom. The summed E-state index contributed by atoms with van der Waals surface area (Å²) in [4.78, 5) is 18.7. The largest absolute Gasteiger partial charge is 0.366 e. The molecule has 0 radical (unpaired) electrons. The van der Waals surface area contributed by atoms with Gasteiger partial charge in [0, 0.05) is 5.70 Å². The summed E-state index contributed by atoms with van der Waals surface area (Å²) in [5, 5.41) is 3.02. The van der Waals surface area contributed by atoms with Crippen LogP contribution in [0.3, 0.4) is 0 Å². The van der Waals surface area contributed by atoms with Crippen LogP contribution < -0.4 is 5.73 Å². The van der Waals surface area contributed by atoms with E-state index >= 15 is 0 Å². The van der Waals surface area contributed by atoms with E-state index in [1.165, 1.54) is 5.70 Å². The average Bonchev–Trinajstić information content (AvgIpc) is 2.88. The van der Waals surface area contributed by atoms with Gasteiger partial charge in [-0.2, -0.15) is 0 Å². The number of benzene rings is 1. The van der Waals surface area contributed by atoms with E-state index in [2.05, 4.69) is 22.2 Å². The quantitative estimate of drug-likeness (QED) is 0.932. The molecule has 0 unspecified atom stereocenters. The number of nitrogens with two attached hydrogens (primary N) is 1. The maximum Gasteiger partial charge on any atom is 0.248 e. The number of hydrogen-bond acceptors (Lipinski definition) is 4. The van der Waals surface area contributed by atoms with Crippen molar-refractivity contribution in [1.82, 2.24) is 4.90 Å². The first kappa shape index (κ1) is 13.9. The van der Waals surface area contributed by atoms with Crippen molar-refractivity contribution >= 4 is 22.8 Å². The van der Waals surface area contributed by atoms with Crippen LogP contribution in [0.2, 0.25) is 0 Å². The van der Waals surface area contributed by atoms with Crippen LogP contribution in [0.1, 0.15) is 31.9 Å². The van der Waals surface area contributed by atoms with E-state index in [1.54, 1.807) is 11.8 Å². The Morgan fingerprint density at radius 1 is 1.38 bits per heavy atom. The van der Waals surface area contributed by atoms with Gasteiger partial charge in [0.25, 0.3) is 0 Å². The highest BCUT2D eigenvalue weighted by molar-refractivity contribution is 8.16. The molecule has 0 saturated heterocycles. The second-order valence-corrected chi connectivity index (χ2v) is 5.86. The third kappa shape index (κ3) is 2.27. The second kappa shape index (κ2) is 5.41. The van der Waals surface area contributed by atoms with E-state index in [4.69, 9.17) is 5.73 Å². The molecule has 0 spiro atoms. The summed E-state index contributed by atoms with van der Waals surface area (Å²) in [7, 11) is 0. The Morgan fingerprint density at radius 2 is 2.10 bits per heavy atom. The monoisotopic (exact) mass is 299 g/mol. The van der Waals surface area contributed by atoms with Crippen molar-refractivity contribution in [1.29, 1.82) is 0 Å². The lowest BCUT2D eigenvalue weighted by molar-refractivity contribution is -0.115. The summed E-state index contributed by atoms with van der Waals surface area (Å²) >= 11 is 1.60. The highest BCUT2D eigenvalue weighted by Gasteiger charge is 2.38. The predicted octanol–water partition coefficient (Wildman–Crippen LogP) is 3.16. The lowest BCUT2D eigenvalue weighted by Gasteiger charge is -2.36. The molecule has 1 atom stereocenters. The highest BCUT2D eigenvalue weighted by Crippen LogP contribution is 2.44. The number of allylic oxidation sites excluding steroid dienone is 2. The Hall–Kier alpha value is -2.01. The fourth-order valence-corrected chi connectivity index (χ4v) is 3.81. The highest BCUT2D eigenvalue weighted by atomic mass is 32.2. The van der Waals surface area contributed by atoms with Gasteiger partial charge in [-0.25, -0.2) is 4.99 Å². The minimum absolute atomic E-state index is 0.183. The van der Waals surface area contributed by atoms with E-state index in [0.29, 0.717) is 11.3 Å². The molecule has 0 aromatic heterocycles. The van der Waals surface area contributed by atoms with Crippen molar-refractivity contribution < 1.29 is 4.79 Å². The molecule has 5 heteroatoms. The normalized spacial score (nSPS) is 21.0. The molecule has 108 valence electrons. The molecule has 0 saturated carbocycles. The molecular formula is C16H17N3OS. The van der Waals surface area contributed by atoms with Crippen molar-refractivity contribution in [2.75, 3.05) is 0 Å². The number of aliphatic imine (C=N–C) groups is 1. The predicted molar refractivity (Wildman–Crippen MR) is 86.3 cm³/mol. The number of fused-ring (bicyclic) bond motifs is 1. The minimum atomic E-state index is -0.406. The number of carbonyl (C=O) groups is 1. The van der Waals surface area contributed by atoms with Gasteiger partial charge in [-0.15, -0.1) is 0 Å². The zero-order valence-corrected chi connectivity index (χ0v) is 12.9. The Balaban J connectivity index is 2.17. The molecule has 0 bridgehead atoms. The second-order valence-electron chi connectivity index (χ2n) is 5.02. The van der Waals surface area contributed by atoms with Crippen LogP contribution in [0.4, 0.5) is 0 Å². The van der Waals surface area contributed by atoms with Gasteiger partial charge in [0.1, 0.15) is 0 Å². The lowest BCUT2D eigenvalue weighted by Crippen LogP contribution is -2.37. The third-order valence-electron chi connectivity index (χ3n) is 3.74. The first-order chi connectivity index (χ1) is 10.1. The smallest absolute Gasteiger partial charge is 0.248 e. The summed E-state index contributed by atoms with van der Waals surface area (Å²) in [5.41, 5.74) is 9.14. The number of thioether (sulfide) groups is 1. The third-order valence-corrected chi connectivity index (χ3v) is 4.63. The summed E-state index contributed by atoms with van der Waals surface area (Å²) < 4.78 is 0. The van der Waals surface area contributed by atoms with Crippen LogP contribution in [0, 0.1) is 0 Å². The SMILES string of the molecule is CCC1=CSC2=NC(C)=C(C(N)=O)[C@@H](c3ccccc3)N12. The zero-order chi connectivity index (χ0) is 15.0. The summed E-state index contributed by atoms with van der Waals surface area (Å²) in [6, 6.07) is 9.80. The molecule has 2 aliphatic heterocycles. The Bertz CT molecular complexity index is 676. The van der Waals surface area contributed by atoms with Gasteiger partial charge in [-0.05, 0) is 24.3 Å². The van der Waals surface area contributed by atoms with E-state index in [-0.39, 0.29) is 6.04 Å². The van der Waals surface area contributed by atoms with E-state index in [0.717, 1.165) is 17.2 Å². The van der Waals surface area contributed by atoms with Crippen LogP contribution in [0.15, 0.2) is 57.7 Å². The number of rotatable bonds is 3. The number of amides is 1. The van der Waals surface area contributed by atoms with E-state index in [9.17, 15) is 4.79 Å². The van der Waals surface area contributed by atoms with Gasteiger partial charge in [0.15, 0.2) is 5.17 Å². The summed E-state index contributed by atoms with van der Waals surface area (Å²) in [6.45, 7) is 3.96. The molecule has 2 aliphatic rings. The van der Waals surface area contributed by atoms with Crippen molar-refractivity contribution in [3.63, 3.8) is 0 Å². The number of hydrogen-bond donors (Lipinski definition) is 1. The van der Waals surface area contributed by atoms with Crippen molar-refractivity contribution in [2.45, 2.75) is 26.3 Å². The van der Waals surface area contributed by atoms with Gasteiger partial charge in [0.2, 0.25) is 5.91 Å². The molecule has 2 N–H and O–H groups in total. The molecular weight excluding hydrogens is 282 g/mol. The maximum atomic E-state index is 12.0. The summed E-state index contributed by atoms with van der Waals surface area (Å²) in [5.74, 6) is -0.406. The molecule has 3 rings (SSSR count). The molecule has 21 heavy (non-hydrogen) atoms. The fraction of sp³-hybridized carbons (Fsp3) is 0.250. The van der Waals surface area contributed by atoms with Gasteiger partial charge >= 0.3 is 0 Å². The molecule has 1 amide bonds. The molecule has 0 aliphatic carbocycles. The minimum Gasteiger partial charge on any atom is -0.366 e. The van der Waals surface area contributed by atoms with Crippen molar-refractivity contribution in [3.8, 4) is 0 Å². The van der Waals surface area contributed by atoms with Crippen LogP contribution in [-0.4, -0.2) is 16.0 Å². The number of carbonyl (C=O) groups excluding carboxylic acids is 1. The first-order valence-corrected chi connectivity index (χ1v) is 7.80. The molecule has 4 nitrogen and oxygen atoms in total. The van der Waals surface area contributed by atoms with Gasteiger partial charge in [-0.3, -0.25) is 4.79 Å². The molecule has 1 aromatic carbocycles. The summed E-state index contributed by atoms with van der Waals surface area (Å²) in [6.07, 6.45) is 0.889. The van der Waals surface area contributed by atoms with Crippen molar-refractivity contribution in [3.05, 3.63) is 58.3 Å². The number of primary amides is 1. The lowest BCUT2D eigenvalue weighted by atomic mass is 9.93. The maximum absolute atomic E-state index is 12.0. The average molecular weight is 299 g/mol. The van der Waals surface area contributed by atoms with E-state index < -0.39 is 5.91 Å². The molecule has 1 aromatic rings. The van der Waals surface area contributed by atoms with Gasteiger partial charge in [0.05, 0.1) is 17.3 Å².